The minimum absolute atomic E-state index is 0.0467. The van der Waals surface area contributed by atoms with E-state index in [1.165, 1.54) is 6.07 Å². The lowest BCUT2D eigenvalue weighted by molar-refractivity contribution is -0.177. The van der Waals surface area contributed by atoms with Crippen molar-refractivity contribution in [2.75, 3.05) is 26.8 Å². The first-order chi connectivity index (χ1) is 22.2. The van der Waals surface area contributed by atoms with Crippen LogP contribution in [0, 0.1) is 39.3 Å². The van der Waals surface area contributed by atoms with Crippen LogP contribution in [0.25, 0.3) is 0 Å². The standard InChI is InChI=1S/C38H52ClFN2O5/c1-24(2)41-33(45)42(18-7-19-47-5)23-37(46)15-12-32-35(37,4)14-11-31-34(3)13-10-25(43)21-36(34)16-17-38(31,32)27(22-36)30(44)20-26-28(39)8-6-9-29(26)40/h6,8-9,16-17,22,24-25,31-32,43,46H,7,10-15,18-21,23H2,1-5H3,(H,41,45)/t25?,31-,32-,34-,35+,36+,37-,38-/m1/s1. The van der Waals surface area contributed by atoms with Crippen molar-refractivity contribution in [1.82, 2.24) is 10.2 Å². The number of carbonyl (C=O) groups is 2. The molecule has 7 rings (SSSR count). The van der Waals surface area contributed by atoms with E-state index in [1.54, 1.807) is 24.1 Å². The quantitative estimate of drug-likeness (QED) is 0.192. The molecule has 0 aliphatic heterocycles. The molecule has 0 saturated heterocycles. The molecule has 8 atom stereocenters. The molecule has 0 aromatic heterocycles. The van der Waals surface area contributed by atoms with Gasteiger partial charge in [0.15, 0.2) is 5.78 Å². The number of allylic oxidation sites excluding steroid dienone is 4. The molecule has 258 valence electrons. The Bertz CT molecular complexity index is 1460. The lowest BCUT2D eigenvalue weighted by Gasteiger charge is -2.71. The molecule has 1 aromatic carbocycles. The van der Waals surface area contributed by atoms with E-state index in [-0.39, 0.29) is 58.7 Å². The maximum Gasteiger partial charge on any atom is 0.317 e. The number of Topliss-reactive ketones (excluding diaryl/α,β-unsaturated/α-hetero) is 1. The number of rotatable bonds is 10. The predicted octanol–water partition coefficient (Wildman–Crippen LogP) is 6.64. The Balaban J connectivity index is 1.42. The largest absolute Gasteiger partial charge is 0.393 e. The van der Waals surface area contributed by atoms with Gasteiger partial charge in [0.2, 0.25) is 0 Å². The fourth-order valence-electron chi connectivity index (χ4n) is 10.9. The molecule has 1 unspecified atom stereocenters. The Morgan fingerprint density at radius 1 is 1.11 bits per heavy atom. The summed E-state index contributed by atoms with van der Waals surface area (Å²) in [5.74, 6) is -0.595. The molecular weight excluding hydrogens is 619 g/mol. The SMILES string of the molecule is COCCCN(C[C@]1(O)CC[C@H]2[C@]34C=C[C@@]5(C=C3C(=O)Cc3c(F)cccc3Cl)CC(O)CC[C@]5(C)[C@H]4CC[C@@]21C)C(=O)NC(C)C. The van der Waals surface area contributed by atoms with E-state index in [4.69, 9.17) is 16.3 Å². The van der Waals surface area contributed by atoms with Crippen LogP contribution in [-0.4, -0.2) is 71.5 Å². The van der Waals surface area contributed by atoms with Crippen LogP contribution in [0.5, 0.6) is 0 Å². The Morgan fingerprint density at radius 2 is 1.81 bits per heavy atom. The van der Waals surface area contributed by atoms with Crippen LogP contribution < -0.4 is 5.32 Å². The summed E-state index contributed by atoms with van der Waals surface area (Å²) < 4.78 is 20.3. The van der Waals surface area contributed by atoms with Gasteiger partial charge in [-0.2, -0.15) is 0 Å². The highest BCUT2D eigenvalue weighted by atomic mass is 35.5. The van der Waals surface area contributed by atoms with Crippen LogP contribution in [0.4, 0.5) is 9.18 Å². The van der Waals surface area contributed by atoms with Crippen molar-refractivity contribution < 1.29 is 28.9 Å². The molecule has 6 aliphatic rings. The molecule has 2 spiro atoms. The Labute approximate surface area is 284 Å². The fourth-order valence-corrected chi connectivity index (χ4v) is 11.2. The lowest BCUT2D eigenvalue weighted by atomic mass is 9.32. The molecule has 9 heteroatoms. The average molecular weight is 671 g/mol. The molecule has 1 aromatic rings. The second-order valence-corrected chi connectivity index (χ2v) is 16.4. The number of halogens is 2. The van der Waals surface area contributed by atoms with Gasteiger partial charge in [0, 0.05) is 65.1 Å². The highest BCUT2D eigenvalue weighted by Gasteiger charge is 2.74. The average Bonchev–Trinajstić information content (AvgIpc) is 3.28. The first-order valence-corrected chi connectivity index (χ1v) is 17.9. The monoisotopic (exact) mass is 670 g/mol. The number of nitrogens with zero attached hydrogens (tertiary/aromatic N) is 1. The number of urea groups is 1. The molecule has 3 N–H and O–H groups in total. The third-order valence-corrected chi connectivity index (χ3v) is 13.7. The van der Waals surface area contributed by atoms with Crippen molar-refractivity contribution in [3.63, 3.8) is 0 Å². The number of hydrogen-bond acceptors (Lipinski definition) is 5. The van der Waals surface area contributed by atoms with Gasteiger partial charge in [0.1, 0.15) is 5.82 Å². The maximum absolute atomic E-state index is 15.0. The van der Waals surface area contributed by atoms with Crippen molar-refractivity contribution in [1.29, 1.82) is 0 Å². The zero-order valence-electron chi connectivity index (χ0n) is 28.6. The molecule has 47 heavy (non-hydrogen) atoms. The Kier molecular flexibility index (Phi) is 9.02. The summed E-state index contributed by atoms with van der Waals surface area (Å²) in [6.07, 6.45) is 11.6. The summed E-state index contributed by atoms with van der Waals surface area (Å²) in [5.41, 5.74) is -2.19. The first kappa shape index (κ1) is 34.6. The van der Waals surface area contributed by atoms with Crippen LogP contribution in [0.2, 0.25) is 5.02 Å². The van der Waals surface area contributed by atoms with Gasteiger partial charge in [-0.1, -0.05) is 49.7 Å². The van der Waals surface area contributed by atoms with E-state index in [0.29, 0.717) is 50.8 Å². The second kappa shape index (κ2) is 12.3. The molecule has 6 aliphatic carbocycles. The van der Waals surface area contributed by atoms with Gasteiger partial charge >= 0.3 is 6.03 Å². The van der Waals surface area contributed by atoms with Crippen LogP contribution >= 0.6 is 11.6 Å². The molecule has 3 saturated carbocycles. The van der Waals surface area contributed by atoms with Gasteiger partial charge in [0.25, 0.3) is 0 Å². The molecule has 7 nitrogen and oxygen atoms in total. The Hall–Kier alpha value is -2.26. The number of ketones is 1. The first-order valence-electron chi connectivity index (χ1n) is 17.5. The van der Waals surface area contributed by atoms with Gasteiger partial charge in [-0.25, -0.2) is 9.18 Å². The van der Waals surface area contributed by atoms with Gasteiger partial charge in [0.05, 0.1) is 18.2 Å². The van der Waals surface area contributed by atoms with Gasteiger partial charge in [-0.3, -0.25) is 4.79 Å². The number of aliphatic hydroxyl groups excluding tert-OH is 1. The number of hydrogen-bond donors (Lipinski definition) is 3. The van der Waals surface area contributed by atoms with Gasteiger partial charge in [-0.15, -0.1) is 0 Å². The number of ether oxygens (including phenoxy) is 1. The van der Waals surface area contributed by atoms with Crippen LogP contribution in [0.3, 0.4) is 0 Å². The van der Waals surface area contributed by atoms with E-state index in [0.717, 1.165) is 19.3 Å². The molecule has 2 amide bonds. The van der Waals surface area contributed by atoms with E-state index in [1.807, 2.05) is 13.8 Å². The van der Waals surface area contributed by atoms with Crippen molar-refractivity contribution in [3.8, 4) is 0 Å². The summed E-state index contributed by atoms with van der Waals surface area (Å²) >= 11 is 6.44. The van der Waals surface area contributed by atoms with Crippen LogP contribution in [0.1, 0.15) is 84.6 Å². The predicted molar refractivity (Wildman–Crippen MR) is 180 cm³/mol. The van der Waals surface area contributed by atoms with Gasteiger partial charge in [-0.05, 0) is 94.6 Å². The molecule has 0 radical (unpaired) electrons. The maximum atomic E-state index is 15.0. The number of nitrogens with one attached hydrogen (secondary N) is 1. The summed E-state index contributed by atoms with van der Waals surface area (Å²) in [6.45, 7) is 9.51. The molecular formula is C38H52ClFN2O5. The lowest BCUT2D eigenvalue weighted by Crippen LogP contribution is -2.67. The number of carbonyl (C=O) groups excluding carboxylic acids is 2. The van der Waals surface area contributed by atoms with Crippen molar-refractivity contribution in [2.45, 2.75) is 103 Å². The number of methoxy groups -OCH3 is 1. The summed E-state index contributed by atoms with van der Waals surface area (Å²) in [6, 6.07) is 4.26. The molecule has 2 bridgehead atoms. The summed E-state index contributed by atoms with van der Waals surface area (Å²) in [4.78, 5) is 29.8. The van der Waals surface area contributed by atoms with E-state index >= 15 is 4.39 Å². The van der Waals surface area contributed by atoms with Crippen molar-refractivity contribution in [2.24, 2.45) is 33.5 Å². The topological polar surface area (TPSA) is 99.1 Å². The fraction of sp³-hybridized carbons (Fsp3) is 0.684. The molecule has 3 fully saturated rings. The summed E-state index contributed by atoms with van der Waals surface area (Å²) in [5, 5.41) is 26.9. The van der Waals surface area contributed by atoms with Gasteiger partial charge < -0.3 is 25.2 Å². The third kappa shape index (κ3) is 5.23. The van der Waals surface area contributed by atoms with Crippen molar-refractivity contribution >= 4 is 23.4 Å². The zero-order valence-corrected chi connectivity index (χ0v) is 29.3. The third-order valence-electron chi connectivity index (χ3n) is 13.3. The highest BCUT2D eigenvalue weighted by molar-refractivity contribution is 6.31. The number of amides is 2. The zero-order chi connectivity index (χ0) is 34.0. The Morgan fingerprint density at radius 3 is 2.51 bits per heavy atom. The van der Waals surface area contributed by atoms with Crippen LogP contribution in [0.15, 0.2) is 42.0 Å². The molecule has 0 heterocycles. The van der Waals surface area contributed by atoms with E-state index in [2.05, 4.69) is 37.4 Å². The normalized spacial score (nSPS) is 38.4. The minimum atomic E-state index is -1.18. The number of fused-ring (bicyclic) bond motifs is 1. The summed E-state index contributed by atoms with van der Waals surface area (Å²) in [7, 11) is 1.64. The minimum Gasteiger partial charge on any atom is -0.393 e. The number of benzene rings is 1. The smallest absolute Gasteiger partial charge is 0.317 e. The van der Waals surface area contributed by atoms with E-state index < -0.39 is 33.8 Å². The van der Waals surface area contributed by atoms with Crippen LogP contribution in [-0.2, 0) is 16.0 Å². The highest BCUT2D eigenvalue weighted by Crippen LogP contribution is 2.78. The number of aliphatic hydroxyl groups is 2. The second-order valence-electron chi connectivity index (χ2n) is 16.0. The van der Waals surface area contributed by atoms with E-state index in [9.17, 15) is 19.8 Å². The van der Waals surface area contributed by atoms with Crippen molar-refractivity contribution in [3.05, 3.63) is 58.4 Å².